The smallest absolute Gasteiger partial charge is 0.247 e. The highest BCUT2D eigenvalue weighted by Crippen LogP contribution is 2.33. The Morgan fingerprint density at radius 1 is 1.11 bits per heavy atom. The van der Waals surface area contributed by atoms with Crippen LogP contribution in [0.15, 0.2) is 66.5 Å². The van der Waals surface area contributed by atoms with E-state index in [9.17, 15) is 9.18 Å². The van der Waals surface area contributed by atoms with Gasteiger partial charge >= 0.3 is 0 Å². The molecule has 0 radical (unpaired) electrons. The standard InChI is InChI=1S/C22H21FN4O/c23-18-9-4-6-16(12-18)14-27-15-25-21(26-27)13-24-22(28)20-11-5-10-19(20)17-7-2-1-3-8-17/h1-4,6-9,12,15H,5,10-11,13-14H2,(H,24,28). The predicted octanol–water partition coefficient (Wildman–Crippen LogP) is 3.72. The molecule has 3 aromatic rings. The molecule has 1 aromatic heterocycles. The summed E-state index contributed by atoms with van der Waals surface area (Å²) >= 11 is 0. The number of carbonyl (C=O) groups is 1. The first-order valence-corrected chi connectivity index (χ1v) is 9.37. The van der Waals surface area contributed by atoms with Crippen LogP contribution < -0.4 is 5.32 Å². The molecule has 0 saturated heterocycles. The number of amides is 1. The first kappa shape index (κ1) is 18.1. The first-order valence-electron chi connectivity index (χ1n) is 9.37. The maximum Gasteiger partial charge on any atom is 0.247 e. The zero-order chi connectivity index (χ0) is 19.3. The lowest BCUT2D eigenvalue weighted by Crippen LogP contribution is -2.25. The van der Waals surface area contributed by atoms with E-state index in [0.717, 1.165) is 41.5 Å². The van der Waals surface area contributed by atoms with Crippen molar-refractivity contribution in [1.82, 2.24) is 20.1 Å². The Morgan fingerprint density at radius 2 is 1.96 bits per heavy atom. The van der Waals surface area contributed by atoms with E-state index in [1.54, 1.807) is 17.1 Å². The molecule has 5 nitrogen and oxygen atoms in total. The second-order valence-corrected chi connectivity index (χ2v) is 6.85. The van der Waals surface area contributed by atoms with Crippen LogP contribution in [0.25, 0.3) is 5.57 Å². The molecule has 6 heteroatoms. The van der Waals surface area contributed by atoms with Gasteiger partial charge in [-0.25, -0.2) is 14.1 Å². The molecule has 2 aromatic carbocycles. The Kier molecular flexibility index (Phi) is 5.28. The number of halogens is 1. The van der Waals surface area contributed by atoms with Gasteiger partial charge in [-0.15, -0.1) is 0 Å². The number of aromatic nitrogens is 3. The van der Waals surface area contributed by atoms with Gasteiger partial charge in [0.15, 0.2) is 5.82 Å². The van der Waals surface area contributed by atoms with Crippen LogP contribution in [-0.2, 0) is 17.9 Å². The van der Waals surface area contributed by atoms with Crippen molar-refractivity contribution in [3.8, 4) is 0 Å². The van der Waals surface area contributed by atoms with Crippen LogP contribution in [0.3, 0.4) is 0 Å². The Balaban J connectivity index is 1.39. The van der Waals surface area contributed by atoms with Crippen LogP contribution >= 0.6 is 0 Å². The Morgan fingerprint density at radius 3 is 2.79 bits per heavy atom. The number of nitrogens with zero attached hydrogens (tertiary/aromatic N) is 3. The monoisotopic (exact) mass is 376 g/mol. The van der Waals surface area contributed by atoms with E-state index < -0.39 is 0 Å². The van der Waals surface area contributed by atoms with Crippen molar-refractivity contribution >= 4 is 11.5 Å². The molecule has 1 N–H and O–H groups in total. The van der Waals surface area contributed by atoms with Gasteiger partial charge in [0.2, 0.25) is 5.91 Å². The summed E-state index contributed by atoms with van der Waals surface area (Å²) in [4.78, 5) is 16.9. The van der Waals surface area contributed by atoms with Crippen molar-refractivity contribution in [1.29, 1.82) is 0 Å². The number of carbonyl (C=O) groups excluding carboxylic acids is 1. The van der Waals surface area contributed by atoms with E-state index in [-0.39, 0.29) is 18.3 Å². The third-order valence-corrected chi connectivity index (χ3v) is 4.84. The quantitative estimate of drug-likeness (QED) is 0.713. The molecule has 4 rings (SSSR count). The van der Waals surface area contributed by atoms with Gasteiger partial charge in [-0.05, 0) is 48.1 Å². The number of rotatable bonds is 6. The first-order chi connectivity index (χ1) is 13.7. The van der Waals surface area contributed by atoms with E-state index in [4.69, 9.17) is 0 Å². The van der Waals surface area contributed by atoms with Crippen molar-refractivity contribution < 1.29 is 9.18 Å². The van der Waals surface area contributed by atoms with E-state index >= 15 is 0 Å². The molecule has 0 unspecified atom stereocenters. The molecule has 0 aliphatic heterocycles. The van der Waals surface area contributed by atoms with Gasteiger partial charge < -0.3 is 5.32 Å². The zero-order valence-electron chi connectivity index (χ0n) is 15.4. The minimum atomic E-state index is -0.274. The van der Waals surface area contributed by atoms with Gasteiger partial charge in [-0.3, -0.25) is 4.79 Å². The van der Waals surface area contributed by atoms with Gasteiger partial charge in [0.25, 0.3) is 0 Å². The van der Waals surface area contributed by atoms with Gasteiger partial charge in [0, 0.05) is 5.57 Å². The minimum absolute atomic E-state index is 0.0576. The van der Waals surface area contributed by atoms with Gasteiger partial charge in [-0.2, -0.15) is 5.10 Å². The maximum atomic E-state index is 13.3. The van der Waals surface area contributed by atoms with E-state index in [1.807, 2.05) is 36.4 Å². The van der Waals surface area contributed by atoms with Crippen LogP contribution in [0.4, 0.5) is 4.39 Å². The van der Waals surface area contributed by atoms with Crippen LogP contribution in [0, 0.1) is 5.82 Å². The summed E-state index contributed by atoms with van der Waals surface area (Å²) in [6.07, 6.45) is 4.30. The van der Waals surface area contributed by atoms with E-state index in [1.165, 1.54) is 12.1 Å². The van der Waals surface area contributed by atoms with Gasteiger partial charge in [-0.1, -0.05) is 42.5 Å². The third kappa shape index (κ3) is 4.17. The molecule has 28 heavy (non-hydrogen) atoms. The Bertz CT molecular complexity index is 1010. The fourth-order valence-electron chi connectivity index (χ4n) is 3.53. The largest absolute Gasteiger partial charge is 0.345 e. The predicted molar refractivity (Wildman–Crippen MR) is 105 cm³/mol. The number of nitrogens with one attached hydrogen (secondary N) is 1. The van der Waals surface area contributed by atoms with Gasteiger partial charge in [0.1, 0.15) is 12.1 Å². The van der Waals surface area contributed by atoms with Crippen LogP contribution in [0.1, 0.15) is 36.2 Å². The number of hydrogen-bond donors (Lipinski definition) is 1. The Labute approximate surface area is 162 Å². The highest BCUT2D eigenvalue weighted by Gasteiger charge is 2.21. The van der Waals surface area contributed by atoms with Crippen molar-refractivity contribution in [3.63, 3.8) is 0 Å². The summed E-state index contributed by atoms with van der Waals surface area (Å²) in [6, 6.07) is 16.4. The molecule has 0 atom stereocenters. The summed E-state index contributed by atoms with van der Waals surface area (Å²) in [5.41, 5.74) is 3.90. The lowest BCUT2D eigenvalue weighted by molar-refractivity contribution is -0.117. The van der Waals surface area contributed by atoms with Crippen LogP contribution in [0.2, 0.25) is 0 Å². The molecule has 0 fully saturated rings. The summed E-state index contributed by atoms with van der Waals surface area (Å²) < 4.78 is 14.9. The average molecular weight is 376 g/mol. The van der Waals surface area contributed by atoms with Crippen molar-refractivity contribution in [2.75, 3.05) is 0 Å². The Hall–Kier alpha value is -3.28. The molecule has 1 aliphatic rings. The highest BCUT2D eigenvalue weighted by molar-refractivity contribution is 6.02. The fourth-order valence-corrected chi connectivity index (χ4v) is 3.53. The van der Waals surface area contributed by atoms with E-state index in [2.05, 4.69) is 15.4 Å². The fraction of sp³-hybridized carbons (Fsp3) is 0.227. The molecule has 1 amide bonds. The topological polar surface area (TPSA) is 59.8 Å². The van der Waals surface area contributed by atoms with E-state index in [0.29, 0.717) is 12.4 Å². The molecular weight excluding hydrogens is 355 g/mol. The summed E-state index contributed by atoms with van der Waals surface area (Å²) in [7, 11) is 0. The molecule has 0 spiro atoms. The summed E-state index contributed by atoms with van der Waals surface area (Å²) in [5.74, 6) is 0.201. The maximum absolute atomic E-state index is 13.3. The van der Waals surface area contributed by atoms with Crippen LogP contribution in [0.5, 0.6) is 0 Å². The molecular formula is C22H21FN4O. The third-order valence-electron chi connectivity index (χ3n) is 4.84. The second-order valence-electron chi connectivity index (χ2n) is 6.85. The van der Waals surface area contributed by atoms with Crippen molar-refractivity contribution in [2.45, 2.75) is 32.4 Å². The van der Waals surface area contributed by atoms with Crippen molar-refractivity contribution in [2.24, 2.45) is 0 Å². The molecule has 0 bridgehead atoms. The lowest BCUT2D eigenvalue weighted by atomic mass is 10.0. The zero-order valence-corrected chi connectivity index (χ0v) is 15.4. The van der Waals surface area contributed by atoms with Gasteiger partial charge in [0.05, 0.1) is 13.1 Å². The number of allylic oxidation sites excluding steroid dienone is 1. The van der Waals surface area contributed by atoms with Crippen LogP contribution in [-0.4, -0.2) is 20.7 Å². The minimum Gasteiger partial charge on any atom is -0.345 e. The second kappa shape index (κ2) is 8.17. The number of hydrogen-bond acceptors (Lipinski definition) is 3. The summed E-state index contributed by atoms with van der Waals surface area (Å²) in [6.45, 7) is 0.697. The molecule has 1 aliphatic carbocycles. The summed E-state index contributed by atoms with van der Waals surface area (Å²) in [5, 5.41) is 7.30. The highest BCUT2D eigenvalue weighted by atomic mass is 19.1. The SMILES string of the molecule is O=C(NCc1ncn(Cc2cccc(F)c2)n1)C1=C(c2ccccc2)CCC1. The average Bonchev–Trinajstić information content (AvgIpc) is 3.36. The molecule has 1 heterocycles. The molecule has 142 valence electrons. The number of benzene rings is 2. The molecule has 0 saturated carbocycles. The normalized spacial score (nSPS) is 13.8. The lowest BCUT2D eigenvalue weighted by Gasteiger charge is -2.08. The van der Waals surface area contributed by atoms with Crippen molar-refractivity contribution in [3.05, 3.63) is 89.3 Å².